The van der Waals surface area contributed by atoms with Crippen LogP contribution in [0.3, 0.4) is 0 Å². The number of para-hydroxylation sites is 1. The molecule has 0 aliphatic heterocycles. The molecule has 5 nitrogen and oxygen atoms in total. The number of carbonyl (C=O) groups excluding carboxylic acids is 1. The van der Waals surface area contributed by atoms with Crippen molar-refractivity contribution in [1.29, 1.82) is 0 Å². The largest absolute Gasteiger partial charge is 0.482 e. The Morgan fingerprint density at radius 3 is 2.30 bits per heavy atom. The summed E-state index contributed by atoms with van der Waals surface area (Å²) in [4.78, 5) is 25.6. The van der Waals surface area contributed by atoms with Crippen LogP contribution in [0.25, 0.3) is 22.3 Å². The number of benzene rings is 3. The first-order chi connectivity index (χ1) is 14.5. The van der Waals surface area contributed by atoms with E-state index in [4.69, 9.17) is 37.1 Å². The third-order valence-electron chi connectivity index (χ3n) is 4.22. The molecule has 4 rings (SSSR count). The molecule has 150 valence electrons. The van der Waals surface area contributed by atoms with Gasteiger partial charge in [0.05, 0.1) is 10.4 Å². The molecule has 30 heavy (non-hydrogen) atoms. The fourth-order valence-electron chi connectivity index (χ4n) is 2.88. The molecule has 7 heteroatoms. The van der Waals surface area contributed by atoms with Gasteiger partial charge in [0, 0.05) is 10.6 Å². The zero-order valence-corrected chi connectivity index (χ0v) is 16.9. The van der Waals surface area contributed by atoms with Gasteiger partial charge in [-0.25, -0.2) is 4.79 Å². The molecule has 0 amide bonds. The predicted octanol–water partition coefficient (Wildman–Crippen LogP) is 5.75. The monoisotopic (exact) mass is 440 g/mol. The van der Waals surface area contributed by atoms with Crippen LogP contribution in [0.4, 0.5) is 0 Å². The van der Waals surface area contributed by atoms with E-state index in [0.717, 1.165) is 0 Å². The Bertz CT molecular complexity index is 1270. The van der Waals surface area contributed by atoms with Crippen LogP contribution in [0, 0.1) is 0 Å². The first-order valence-electron chi connectivity index (χ1n) is 8.93. The van der Waals surface area contributed by atoms with Crippen molar-refractivity contribution in [3.8, 4) is 22.8 Å². The van der Waals surface area contributed by atoms with Crippen molar-refractivity contribution in [2.45, 2.75) is 0 Å². The molecule has 0 radical (unpaired) electrons. The lowest BCUT2D eigenvalue weighted by Crippen LogP contribution is -2.21. The summed E-state index contributed by atoms with van der Waals surface area (Å²) in [6.45, 7) is -0.383. The van der Waals surface area contributed by atoms with Gasteiger partial charge in [0.25, 0.3) is 0 Å². The Hall–Kier alpha value is -3.28. The maximum atomic E-state index is 13.1. The molecule has 0 saturated carbocycles. The van der Waals surface area contributed by atoms with E-state index in [9.17, 15) is 9.59 Å². The lowest BCUT2D eigenvalue weighted by atomic mass is 10.1. The second kappa shape index (κ2) is 8.61. The van der Waals surface area contributed by atoms with E-state index >= 15 is 0 Å². The van der Waals surface area contributed by atoms with E-state index in [1.807, 2.05) is 12.1 Å². The quantitative estimate of drug-likeness (QED) is 0.369. The number of hydrogen-bond acceptors (Lipinski definition) is 5. The van der Waals surface area contributed by atoms with Gasteiger partial charge in [-0.05, 0) is 24.3 Å². The van der Waals surface area contributed by atoms with E-state index in [0.29, 0.717) is 11.3 Å². The summed E-state index contributed by atoms with van der Waals surface area (Å²) < 4.78 is 16.7. The van der Waals surface area contributed by atoms with Crippen molar-refractivity contribution in [3.05, 3.63) is 93.1 Å². The summed E-state index contributed by atoms with van der Waals surface area (Å²) in [6, 6.07) is 20.5. The maximum absolute atomic E-state index is 13.1. The summed E-state index contributed by atoms with van der Waals surface area (Å²) in [6.07, 6.45) is 0. The van der Waals surface area contributed by atoms with E-state index < -0.39 is 11.4 Å². The number of ether oxygens (including phenoxy) is 2. The first kappa shape index (κ1) is 20.0. The third-order valence-corrected chi connectivity index (χ3v) is 4.72. The number of rotatable bonds is 5. The fraction of sp³-hybridized carbons (Fsp3) is 0.0435. The highest BCUT2D eigenvalue weighted by Gasteiger charge is 2.22. The van der Waals surface area contributed by atoms with E-state index in [1.165, 1.54) is 12.1 Å². The van der Waals surface area contributed by atoms with Crippen LogP contribution in [0.2, 0.25) is 10.0 Å². The molecular weight excluding hydrogens is 427 g/mol. The van der Waals surface area contributed by atoms with Crippen LogP contribution in [0.15, 0.2) is 82.0 Å². The van der Waals surface area contributed by atoms with Gasteiger partial charge in [0.2, 0.25) is 11.2 Å². The Morgan fingerprint density at radius 2 is 1.60 bits per heavy atom. The molecule has 0 saturated heterocycles. The molecule has 0 aliphatic carbocycles. The van der Waals surface area contributed by atoms with Gasteiger partial charge in [-0.15, -0.1) is 0 Å². The van der Waals surface area contributed by atoms with Crippen molar-refractivity contribution in [1.82, 2.24) is 0 Å². The van der Waals surface area contributed by atoms with Crippen molar-refractivity contribution in [2.75, 3.05) is 6.61 Å². The standard InChI is InChI=1S/C23H14Cl2O5/c24-15-11-17-20(27)23(29-19(26)13-28-16-9-5-2-6-10-16)21(14-7-3-1-4-8-14)30-22(17)18(25)12-15/h1-12H,13H2. The SMILES string of the molecule is O=C(COc1ccccc1)Oc1c(-c2ccccc2)oc2c(Cl)cc(Cl)cc2c1=O. The predicted molar refractivity (Wildman–Crippen MR) is 116 cm³/mol. The van der Waals surface area contributed by atoms with Crippen LogP contribution in [0.5, 0.6) is 11.5 Å². The summed E-state index contributed by atoms with van der Waals surface area (Å²) >= 11 is 12.3. The molecule has 0 fully saturated rings. The van der Waals surface area contributed by atoms with E-state index in [2.05, 4.69) is 0 Å². The van der Waals surface area contributed by atoms with Gasteiger partial charge in [0.1, 0.15) is 5.75 Å². The molecule has 4 aromatic rings. The maximum Gasteiger partial charge on any atom is 0.349 e. The molecule has 3 aromatic carbocycles. The van der Waals surface area contributed by atoms with Crippen molar-refractivity contribution < 1.29 is 18.7 Å². The second-order valence-electron chi connectivity index (χ2n) is 6.30. The van der Waals surface area contributed by atoms with Gasteiger partial charge < -0.3 is 13.9 Å². The Balaban J connectivity index is 1.76. The minimum absolute atomic E-state index is 0.0883. The molecule has 1 aromatic heterocycles. The summed E-state index contributed by atoms with van der Waals surface area (Å²) in [5, 5.41) is 0.549. The number of carbonyl (C=O) groups is 1. The van der Waals surface area contributed by atoms with Gasteiger partial charge in [-0.2, -0.15) is 0 Å². The normalized spacial score (nSPS) is 10.7. The van der Waals surface area contributed by atoms with Gasteiger partial charge >= 0.3 is 5.97 Å². The lowest BCUT2D eigenvalue weighted by Gasteiger charge is -2.12. The molecular formula is C23H14Cl2O5. The fourth-order valence-corrected chi connectivity index (χ4v) is 3.41. The smallest absolute Gasteiger partial charge is 0.349 e. The minimum Gasteiger partial charge on any atom is -0.482 e. The Kier molecular flexibility index (Phi) is 5.74. The molecule has 0 aliphatic rings. The van der Waals surface area contributed by atoms with Crippen molar-refractivity contribution in [2.24, 2.45) is 0 Å². The average molecular weight is 441 g/mol. The zero-order chi connectivity index (χ0) is 21.1. The third kappa shape index (κ3) is 4.17. The van der Waals surface area contributed by atoms with Crippen LogP contribution in [-0.4, -0.2) is 12.6 Å². The summed E-state index contributed by atoms with van der Waals surface area (Å²) in [5.41, 5.74) is 0.145. The molecule has 0 spiro atoms. The van der Waals surface area contributed by atoms with Crippen LogP contribution < -0.4 is 14.9 Å². The van der Waals surface area contributed by atoms with Crippen molar-refractivity contribution in [3.63, 3.8) is 0 Å². The van der Waals surface area contributed by atoms with Crippen LogP contribution in [0.1, 0.15) is 0 Å². The molecule has 1 heterocycles. The molecule has 0 unspecified atom stereocenters. The highest BCUT2D eigenvalue weighted by atomic mass is 35.5. The zero-order valence-electron chi connectivity index (χ0n) is 15.4. The van der Waals surface area contributed by atoms with Crippen molar-refractivity contribution >= 4 is 40.1 Å². The average Bonchev–Trinajstić information content (AvgIpc) is 2.76. The summed E-state index contributed by atoms with van der Waals surface area (Å²) in [5.74, 6) is -0.420. The molecule has 0 atom stereocenters. The second-order valence-corrected chi connectivity index (χ2v) is 7.14. The Morgan fingerprint density at radius 1 is 0.933 bits per heavy atom. The van der Waals surface area contributed by atoms with E-state index in [-0.39, 0.29) is 39.1 Å². The number of esters is 1. The summed E-state index contributed by atoms with van der Waals surface area (Å²) in [7, 11) is 0. The first-order valence-corrected chi connectivity index (χ1v) is 9.68. The van der Waals surface area contributed by atoms with E-state index in [1.54, 1.807) is 48.5 Å². The minimum atomic E-state index is -0.754. The lowest BCUT2D eigenvalue weighted by molar-refractivity contribution is -0.136. The highest BCUT2D eigenvalue weighted by molar-refractivity contribution is 6.38. The van der Waals surface area contributed by atoms with Crippen LogP contribution in [-0.2, 0) is 4.79 Å². The highest BCUT2D eigenvalue weighted by Crippen LogP contribution is 2.35. The van der Waals surface area contributed by atoms with Gasteiger partial charge in [-0.1, -0.05) is 71.7 Å². The topological polar surface area (TPSA) is 65.7 Å². The molecule has 0 N–H and O–H groups in total. The Labute approximate surface area is 181 Å². The van der Waals surface area contributed by atoms with Crippen LogP contribution >= 0.6 is 23.2 Å². The molecule has 0 bridgehead atoms. The number of fused-ring (bicyclic) bond motifs is 1. The number of hydrogen-bond donors (Lipinski definition) is 0. The number of halogens is 2. The van der Waals surface area contributed by atoms with Gasteiger partial charge in [-0.3, -0.25) is 4.79 Å². The van der Waals surface area contributed by atoms with Gasteiger partial charge in [0.15, 0.2) is 18.0 Å².